The van der Waals surface area contributed by atoms with Crippen LogP contribution in [0, 0.1) is 5.92 Å². The Morgan fingerprint density at radius 2 is 2.04 bits per heavy atom. The molecule has 2 aliphatic heterocycles. The molecule has 1 fully saturated rings. The van der Waals surface area contributed by atoms with Crippen LogP contribution in [-0.4, -0.2) is 31.0 Å². The average Bonchev–Trinajstić information content (AvgIpc) is 2.98. The number of piperidine rings is 1. The smallest absolute Gasteiger partial charge is 0.394 e. The fraction of sp³-hybridized carbons (Fsp3) is 0.412. The molecule has 3 rings (SSSR count). The van der Waals surface area contributed by atoms with E-state index >= 15 is 0 Å². The summed E-state index contributed by atoms with van der Waals surface area (Å²) in [6.07, 6.45) is -3.33. The minimum absolute atomic E-state index is 0.0803. The largest absolute Gasteiger partial charge is 0.462 e. The maximum Gasteiger partial charge on any atom is 0.394 e. The van der Waals surface area contributed by atoms with Crippen molar-refractivity contribution in [3.05, 3.63) is 47.2 Å². The van der Waals surface area contributed by atoms with Crippen molar-refractivity contribution in [2.75, 3.05) is 6.61 Å². The highest BCUT2D eigenvalue weighted by molar-refractivity contribution is 6.11. The van der Waals surface area contributed by atoms with Crippen LogP contribution in [0.1, 0.15) is 24.9 Å². The zero-order chi connectivity index (χ0) is 17.3. The highest BCUT2D eigenvalue weighted by Gasteiger charge is 2.52. The Morgan fingerprint density at radius 3 is 2.67 bits per heavy atom. The zero-order valence-corrected chi connectivity index (χ0v) is 13.0. The van der Waals surface area contributed by atoms with Gasteiger partial charge in [0.25, 0.3) is 0 Å². The molecule has 4 nitrogen and oxygen atoms in total. The number of carbonyl (C=O) groups excluding carboxylic acids is 1. The van der Waals surface area contributed by atoms with Crippen LogP contribution in [-0.2, 0) is 9.53 Å². The van der Waals surface area contributed by atoms with Crippen LogP contribution in [0.3, 0.4) is 0 Å². The number of alkyl halides is 3. The number of halogens is 3. The molecule has 0 aromatic heterocycles. The number of rotatable bonds is 3. The van der Waals surface area contributed by atoms with E-state index in [-0.39, 0.29) is 24.3 Å². The number of hydrogen-bond donors (Lipinski definition) is 1. The molecule has 3 unspecified atom stereocenters. The first-order valence-corrected chi connectivity index (χ1v) is 7.74. The number of hydrogen-bond acceptors (Lipinski definition) is 4. The van der Waals surface area contributed by atoms with Gasteiger partial charge in [-0.2, -0.15) is 13.2 Å². The van der Waals surface area contributed by atoms with Gasteiger partial charge in [0.15, 0.2) is 0 Å². The Hall–Kier alpha value is -2.31. The van der Waals surface area contributed by atoms with E-state index in [1.165, 1.54) is 6.21 Å². The maximum absolute atomic E-state index is 13.5. The molecule has 0 bridgehead atoms. The molecule has 0 radical (unpaired) electrons. The van der Waals surface area contributed by atoms with Crippen molar-refractivity contribution in [2.45, 2.75) is 31.6 Å². The van der Waals surface area contributed by atoms with Crippen molar-refractivity contribution in [2.24, 2.45) is 10.9 Å². The second-order valence-corrected chi connectivity index (χ2v) is 5.76. The van der Waals surface area contributed by atoms with Crippen molar-refractivity contribution in [1.29, 1.82) is 0 Å². The van der Waals surface area contributed by atoms with Crippen LogP contribution >= 0.6 is 0 Å². The molecule has 0 aliphatic carbocycles. The number of fused-ring (bicyclic) bond motifs is 1. The molecule has 128 valence electrons. The Balaban J connectivity index is 1.98. The first-order valence-electron chi connectivity index (χ1n) is 7.74. The van der Waals surface area contributed by atoms with Crippen molar-refractivity contribution >= 4 is 12.2 Å². The van der Waals surface area contributed by atoms with Gasteiger partial charge in [-0.15, -0.1) is 0 Å². The van der Waals surface area contributed by atoms with Crippen molar-refractivity contribution in [1.82, 2.24) is 5.32 Å². The van der Waals surface area contributed by atoms with Crippen LogP contribution in [0.15, 0.2) is 46.6 Å². The van der Waals surface area contributed by atoms with E-state index in [1.54, 1.807) is 37.3 Å². The van der Waals surface area contributed by atoms with E-state index in [0.717, 1.165) is 5.56 Å². The lowest BCUT2D eigenvalue weighted by Crippen LogP contribution is -2.45. The maximum atomic E-state index is 13.5. The van der Waals surface area contributed by atoms with Gasteiger partial charge in [0, 0.05) is 6.21 Å². The van der Waals surface area contributed by atoms with Gasteiger partial charge in [-0.3, -0.25) is 4.99 Å². The van der Waals surface area contributed by atoms with Crippen molar-refractivity contribution < 1.29 is 22.7 Å². The van der Waals surface area contributed by atoms with E-state index in [9.17, 15) is 18.0 Å². The number of nitrogens with zero attached hydrogens (tertiary/aromatic N) is 1. The molecule has 24 heavy (non-hydrogen) atoms. The highest BCUT2D eigenvalue weighted by Crippen LogP contribution is 2.44. The van der Waals surface area contributed by atoms with Crippen LogP contribution in [0.25, 0.3) is 0 Å². The summed E-state index contributed by atoms with van der Waals surface area (Å²) in [4.78, 5) is 15.9. The Bertz CT molecular complexity index is 683. The summed E-state index contributed by atoms with van der Waals surface area (Å²) >= 11 is 0. The summed E-state index contributed by atoms with van der Waals surface area (Å²) in [7, 11) is 0. The third-order valence-electron chi connectivity index (χ3n) is 4.27. The Morgan fingerprint density at radius 1 is 1.33 bits per heavy atom. The Labute approximate surface area is 137 Å². The molecule has 7 heteroatoms. The molecule has 1 saturated heterocycles. The first-order chi connectivity index (χ1) is 11.4. The van der Waals surface area contributed by atoms with Gasteiger partial charge in [-0.05, 0) is 18.9 Å². The molecule has 2 aliphatic rings. The molecule has 3 atom stereocenters. The SMILES string of the molecule is CCOC(=O)C1=C2NC(c3ccccc3)CC(C(F)(F)F)C2N=C1. The van der Waals surface area contributed by atoms with Crippen molar-refractivity contribution in [3.63, 3.8) is 0 Å². The lowest BCUT2D eigenvalue weighted by atomic mass is 9.83. The van der Waals surface area contributed by atoms with E-state index < -0.39 is 30.1 Å². The summed E-state index contributed by atoms with van der Waals surface area (Å²) < 4.78 is 45.4. The van der Waals surface area contributed by atoms with Gasteiger partial charge < -0.3 is 10.1 Å². The van der Waals surface area contributed by atoms with Crippen LogP contribution < -0.4 is 5.32 Å². The van der Waals surface area contributed by atoms with Gasteiger partial charge in [-0.25, -0.2) is 4.79 Å². The number of aliphatic imine (C=N–C) groups is 1. The van der Waals surface area contributed by atoms with E-state index in [2.05, 4.69) is 10.3 Å². The topological polar surface area (TPSA) is 50.7 Å². The minimum Gasteiger partial charge on any atom is -0.462 e. The first kappa shape index (κ1) is 16.5. The summed E-state index contributed by atoms with van der Waals surface area (Å²) in [5.41, 5.74) is 1.03. The van der Waals surface area contributed by atoms with Crippen LogP contribution in [0.4, 0.5) is 13.2 Å². The highest BCUT2D eigenvalue weighted by atomic mass is 19.4. The molecule has 0 amide bonds. The fourth-order valence-electron chi connectivity index (χ4n) is 3.14. The standard InChI is InChI=1S/C17H17F3N2O2/c1-2-24-16(23)11-9-21-15-12(17(18,19)20)8-13(22-14(11)15)10-6-4-3-5-7-10/h3-7,9,12-13,15,22H,2,8H2,1H3. The second-order valence-electron chi connectivity index (χ2n) is 5.76. The van der Waals surface area contributed by atoms with Gasteiger partial charge >= 0.3 is 12.1 Å². The van der Waals surface area contributed by atoms with E-state index in [4.69, 9.17) is 4.74 Å². The fourth-order valence-corrected chi connectivity index (χ4v) is 3.14. The minimum atomic E-state index is -4.40. The monoisotopic (exact) mass is 338 g/mol. The number of benzene rings is 1. The number of nitrogens with one attached hydrogen (secondary N) is 1. The quantitative estimate of drug-likeness (QED) is 0.862. The molecule has 1 aromatic carbocycles. The lowest BCUT2D eigenvalue weighted by Gasteiger charge is -2.37. The second kappa shape index (κ2) is 6.30. The summed E-state index contributed by atoms with van der Waals surface area (Å²) in [6, 6.07) is 7.25. The summed E-state index contributed by atoms with van der Waals surface area (Å²) in [5, 5.41) is 3.08. The molecular formula is C17H17F3N2O2. The molecule has 1 N–H and O–H groups in total. The van der Waals surface area contributed by atoms with E-state index in [1.807, 2.05) is 0 Å². The number of ether oxygens (including phenoxy) is 1. The predicted octanol–water partition coefficient (Wildman–Crippen LogP) is 3.17. The van der Waals surface area contributed by atoms with E-state index in [0.29, 0.717) is 0 Å². The number of esters is 1. The third kappa shape index (κ3) is 3.02. The average molecular weight is 338 g/mol. The zero-order valence-electron chi connectivity index (χ0n) is 13.0. The molecule has 0 saturated carbocycles. The Kier molecular flexibility index (Phi) is 4.34. The molecule has 1 aromatic rings. The lowest BCUT2D eigenvalue weighted by molar-refractivity contribution is -0.184. The van der Waals surface area contributed by atoms with Crippen molar-refractivity contribution in [3.8, 4) is 0 Å². The van der Waals surface area contributed by atoms with Gasteiger partial charge in [0.1, 0.15) is 6.04 Å². The van der Waals surface area contributed by atoms with Crippen LogP contribution in [0.2, 0.25) is 0 Å². The molecule has 2 heterocycles. The third-order valence-corrected chi connectivity index (χ3v) is 4.27. The number of carbonyl (C=O) groups is 1. The normalized spacial score (nSPS) is 26.1. The predicted molar refractivity (Wildman–Crippen MR) is 82.4 cm³/mol. The summed E-state index contributed by atoms with van der Waals surface area (Å²) in [5.74, 6) is -2.29. The van der Waals surface area contributed by atoms with Gasteiger partial charge in [-0.1, -0.05) is 30.3 Å². The molecule has 0 spiro atoms. The van der Waals surface area contributed by atoms with Gasteiger partial charge in [0.05, 0.1) is 29.8 Å². The van der Waals surface area contributed by atoms with Gasteiger partial charge in [0.2, 0.25) is 0 Å². The van der Waals surface area contributed by atoms with Crippen LogP contribution in [0.5, 0.6) is 0 Å². The summed E-state index contributed by atoms with van der Waals surface area (Å²) in [6.45, 7) is 1.80. The molecular weight excluding hydrogens is 321 g/mol.